The lowest BCUT2D eigenvalue weighted by Crippen LogP contribution is -2.42. The summed E-state index contributed by atoms with van der Waals surface area (Å²) in [6, 6.07) is 12.2. The van der Waals surface area contributed by atoms with Crippen molar-refractivity contribution in [1.82, 2.24) is 10.2 Å². The zero-order chi connectivity index (χ0) is 19.8. The van der Waals surface area contributed by atoms with Gasteiger partial charge in [0.2, 0.25) is 0 Å². The number of rotatable bonds is 4. The number of benzene rings is 2. The fraction of sp³-hybridized carbons (Fsp3) is 0.286. The molecule has 6 heteroatoms. The Hall–Kier alpha value is -3.15. The highest BCUT2D eigenvalue weighted by molar-refractivity contribution is 6.08. The summed E-state index contributed by atoms with van der Waals surface area (Å²) in [7, 11) is 0. The Morgan fingerprint density at radius 1 is 1.07 bits per heavy atom. The van der Waals surface area contributed by atoms with Crippen molar-refractivity contribution < 1.29 is 19.1 Å². The summed E-state index contributed by atoms with van der Waals surface area (Å²) in [5.41, 5.74) is 2.18. The molecular formula is C21H22N2O4. The molecule has 0 aliphatic carbocycles. The lowest BCUT2D eigenvalue weighted by molar-refractivity contribution is -0.141. The molecule has 0 aromatic heterocycles. The van der Waals surface area contributed by atoms with Crippen LogP contribution in [-0.4, -0.2) is 29.4 Å². The first-order valence-corrected chi connectivity index (χ1v) is 8.70. The second-order valence-corrected chi connectivity index (χ2v) is 7.01. The number of carbonyl (C=O) groups is 3. The van der Waals surface area contributed by atoms with Crippen LogP contribution in [0.2, 0.25) is 0 Å². The highest BCUT2D eigenvalue weighted by Gasteiger charge is 2.49. The van der Waals surface area contributed by atoms with Crippen molar-refractivity contribution in [2.24, 2.45) is 0 Å². The van der Waals surface area contributed by atoms with Gasteiger partial charge in [-0.2, -0.15) is 0 Å². The number of aryl methyl sites for hydroxylation is 3. The van der Waals surface area contributed by atoms with E-state index in [0.29, 0.717) is 11.3 Å². The van der Waals surface area contributed by atoms with Crippen molar-refractivity contribution in [3.05, 3.63) is 64.7 Å². The third kappa shape index (κ3) is 3.43. The molecule has 1 atom stereocenters. The molecule has 2 aromatic rings. The van der Waals surface area contributed by atoms with Gasteiger partial charge in [0.25, 0.3) is 5.91 Å². The number of carbonyl (C=O) groups excluding carboxylic acids is 3. The molecule has 3 amide bonds. The molecule has 1 heterocycles. The zero-order valence-electron chi connectivity index (χ0n) is 15.8. The van der Waals surface area contributed by atoms with Crippen LogP contribution in [0, 0.1) is 20.8 Å². The first-order valence-electron chi connectivity index (χ1n) is 8.70. The van der Waals surface area contributed by atoms with Crippen molar-refractivity contribution >= 4 is 17.9 Å². The monoisotopic (exact) mass is 366 g/mol. The van der Waals surface area contributed by atoms with E-state index < -0.39 is 30.0 Å². The number of ether oxygens (including phenoxy) is 1. The van der Waals surface area contributed by atoms with Crippen LogP contribution in [0.1, 0.15) is 29.2 Å². The number of nitrogens with zero attached hydrogens (tertiary/aromatic N) is 1. The van der Waals surface area contributed by atoms with Gasteiger partial charge in [0.1, 0.15) is 17.8 Å². The fourth-order valence-electron chi connectivity index (χ4n) is 3.41. The predicted molar refractivity (Wildman–Crippen MR) is 100 cm³/mol. The number of hydrogen-bond acceptors (Lipinski definition) is 4. The summed E-state index contributed by atoms with van der Waals surface area (Å²) >= 11 is 0. The van der Waals surface area contributed by atoms with Gasteiger partial charge in [0.05, 0.1) is 0 Å². The predicted octanol–water partition coefficient (Wildman–Crippen LogP) is 2.98. The van der Waals surface area contributed by atoms with Gasteiger partial charge < -0.3 is 10.1 Å². The molecule has 1 N–H and O–H groups in total. The van der Waals surface area contributed by atoms with Gasteiger partial charge in [-0.05, 0) is 44.4 Å². The SMILES string of the molecule is Cc1cc(C)c(OC(=O)CN2C(=O)NC(C)(c3ccccc3)C2=O)c(C)c1. The molecule has 1 aliphatic heterocycles. The number of hydrogen-bond donors (Lipinski definition) is 1. The molecule has 6 nitrogen and oxygen atoms in total. The molecule has 0 spiro atoms. The Labute approximate surface area is 158 Å². The molecular weight excluding hydrogens is 344 g/mol. The van der Waals surface area contributed by atoms with E-state index in [-0.39, 0.29) is 0 Å². The van der Waals surface area contributed by atoms with Crippen molar-refractivity contribution in [3.8, 4) is 5.75 Å². The molecule has 1 saturated heterocycles. The first kappa shape index (κ1) is 18.6. The second-order valence-electron chi connectivity index (χ2n) is 7.01. The van der Waals surface area contributed by atoms with Gasteiger partial charge in [-0.1, -0.05) is 48.0 Å². The average molecular weight is 366 g/mol. The standard InChI is InChI=1S/C21H22N2O4/c1-13-10-14(2)18(15(3)11-13)27-17(24)12-23-19(25)21(4,22-20(23)26)16-8-6-5-7-9-16/h5-11H,12H2,1-4H3,(H,22,26). The average Bonchev–Trinajstić information content (AvgIpc) is 2.83. The smallest absolute Gasteiger partial charge is 0.331 e. The third-order valence-electron chi connectivity index (χ3n) is 4.73. The van der Waals surface area contributed by atoms with E-state index in [9.17, 15) is 14.4 Å². The van der Waals surface area contributed by atoms with E-state index in [0.717, 1.165) is 21.6 Å². The van der Waals surface area contributed by atoms with E-state index in [1.54, 1.807) is 31.2 Å². The van der Waals surface area contributed by atoms with Crippen LogP contribution in [0.3, 0.4) is 0 Å². The molecule has 0 saturated carbocycles. The lowest BCUT2D eigenvalue weighted by atomic mass is 9.92. The van der Waals surface area contributed by atoms with Crippen molar-refractivity contribution in [2.75, 3.05) is 6.54 Å². The largest absolute Gasteiger partial charge is 0.425 e. The van der Waals surface area contributed by atoms with Gasteiger partial charge >= 0.3 is 12.0 Å². The van der Waals surface area contributed by atoms with Crippen LogP contribution < -0.4 is 10.1 Å². The minimum atomic E-state index is -1.20. The number of urea groups is 1. The number of nitrogens with one attached hydrogen (secondary N) is 1. The summed E-state index contributed by atoms with van der Waals surface area (Å²) < 4.78 is 5.45. The van der Waals surface area contributed by atoms with Gasteiger partial charge in [0.15, 0.2) is 0 Å². The Balaban J connectivity index is 1.77. The minimum Gasteiger partial charge on any atom is -0.425 e. The van der Waals surface area contributed by atoms with E-state index >= 15 is 0 Å². The molecule has 3 rings (SSSR count). The summed E-state index contributed by atoms with van der Waals surface area (Å²) in [6.45, 7) is 6.84. The van der Waals surface area contributed by atoms with Crippen LogP contribution in [0.5, 0.6) is 5.75 Å². The molecule has 0 radical (unpaired) electrons. The molecule has 1 unspecified atom stereocenters. The summed E-state index contributed by atoms with van der Waals surface area (Å²) in [5, 5.41) is 2.68. The third-order valence-corrected chi connectivity index (χ3v) is 4.73. The van der Waals surface area contributed by atoms with Crippen LogP contribution in [0.15, 0.2) is 42.5 Å². The van der Waals surface area contributed by atoms with Gasteiger partial charge in [-0.15, -0.1) is 0 Å². The van der Waals surface area contributed by atoms with Crippen molar-refractivity contribution in [1.29, 1.82) is 0 Å². The molecule has 140 valence electrons. The highest BCUT2D eigenvalue weighted by atomic mass is 16.5. The van der Waals surface area contributed by atoms with Crippen LogP contribution in [-0.2, 0) is 15.1 Å². The first-order chi connectivity index (χ1) is 12.7. The van der Waals surface area contributed by atoms with E-state index in [1.807, 2.05) is 39.0 Å². The van der Waals surface area contributed by atoms with Gasteiger partial charge in [0, 0.05) is 0 Å². The van der Waals surface area contributed by atoms with Crippen LogP contribution >= 0.6 is 0 Å². The second kappa shape index (κ2) is 6.87. The Morgan fingerprint density at radius 2 is 1.67 bits per heavy atom. The van der Waals surface area contributed by atoms with Gasteiger partial charge in [-0.25, -0.2) is 9.59 Å². The number of esters is 1. The Bertz CT molecular complexity index is 900. The minimum absolute atomic E-state index is 0.445. The van der Waals surface area contributed by atoms with E-state index in [2.05, 4.69) is 5.32 Å². The van der Waals surface area contributed by atoms with Crippen LogP contribution in [0.4, 0.5) is 4.79 Å². The van der Waals surface area contributed by atoms with E-state index in [4.69, 9.17) is 4.74 Å². The van der Waals surface area contributed by atoms with E-state index in [1.165, 1.54) is 0 Å². The zero-order valence-corrected chi connectivity index (χ0v) is 15.8. The normalized spacial score (nSPS) is 19.2. The summed E-state index contributed by atoms with van der Waals surface area (Å²) in [5.74, 6) is -0.678. The van der Waals surface area contributed by atoms with Crippen molar-refractivity contribution in [2.45, 2.75) is 33.2 Å². The summed E-state index contributed by atoms with van der Waals surface area (Å²) in [6.07, 6.45) is 0. The molecule has 0 bridgehead atoms. The maximum atomic E-state index is 12.8. The van der Waals surface area contributed by atoms with Crippen LogP contribution in [0.25, 0.3) is 0 Å². The maximum absolute atomic E-state index is 12.8. The maximum Gasteiger partial charge on any atom is 0.331 e. The molecule has 27 heavy (non-hydrogen) atoms. The number of amides is 3. The Morgan fingerprint density at radius 3 is 2.26 bits per heavy atom. The Kier molecular flexibility index (Phi) is 4.74. The number of imide groups is 1. The highest BCUT2D eigenvalue weighted by Crippen LogP contribution is 2.29. The van der Waals surface area contributed by atoms with Gasteiger partial charge in [-0.3, -0.25) is 9.69 Å². The molecule has 1 aliphatic rings. The molecule has 2 aromatic carbocycles. The lowest BCUT2D eigenvalue weighted by Gasteiger charge is -2.22. The fourth-order valence-corrected chi connectivity index (χ4v) is 3.41. The summed E-state index contributed by atoms with van der Waals surface area (Å²) in [4.78, 5) is 38.5. The topological polar surface area (TPSA) is 75.7 Å². The molecule has 1 fully saturated rings. The quantitative estimate of drug-likeness (QED) is 0.513. The van der Waals surface area contributed by atoms with Crippen molar-refractivity contribution in [3.63, 3.8) is 0 Å².